The van der Waals surface area contributed by atoms with Crippen LogP contribution in [0.4, 0.5) is 5.69 Å². The van der Waals surface area contributed by atoms with Crippen LogP contribution in [0, 0.1) is 0 Å². The predicted molar refractivity (Wildman–Crippen MR) is 88.1 cm³/mol. The quantitative estimate of drug-likeness (QED) is 0.613. The number of hydrogen-bond donors (Lipinski definition) is 1. The lowest BCUT2D eigenvalue weighted by Gasteiger charge is -2.09. The van der Waals surface area contributed by atoms with Crippen molar-refractivity contribution in [3.05, 3.63) is 57.6 Å². The summed E-state index contributed by atoms with van der Waals surface area (Å²) in [5, 5.41) is 2.00. The van der Waals surface area contributed by atoms with Crippen molar-refractivity contribution < 1.29 is 4.74 Å². The van der Waals surface area contributed by atoms with Crippen LogP contribution in [0.25, 0.3) is 10.8 Å². The minimum absolute atomic E-state index is 0.557. The van der Waals surface area contributed by atoms with Crippen LogP contribution in [0.5, 0.6) is 11.6 Å². The van der Waals surface area contributed by atoms with Gasteiger partial charge in [0.05, 0.1) is 0 Å². The molecule has 3 nitrogen and oxygen atoms in total. The van der Waals surface area contributed by atoms with E-state index in [0.29, 0.717) is 17.3 Å². The van der Waals surface area contributed by atoms with Gasteiger partial charge in [-0.2, -0.15) is 0 Å². The highest BCUT2D eigenvalue weighted by atomic mass is 79.9. The summed E-state index contributed by atoms with van der Waals surface area (Å²) in [4.78, 5) is 4.30. The van der Waals surface area contributed by atoms with Gasteiger partial charge >= 0.3 is 0 Å². The number of nitrogens with two attached hydrogens (primary N) is 1. The van der Waals surface area contributed by atoms with Crippen molar-refractivity contribution in [1.82, 2.24) is 4.98 Å². The number of aromatic nitrogens is 1. The molecule has 0 aliphatic rings. The van der Waals surface area contributed by atoms with Gasteiger partial charge in [0, 0.05) is 37.7 Å². The van der Waals surface area contributed by atoms with E-state index in [2.05, 4.69) is 36.8 Å². The summed E-state index contributed by atoms with van der Waals surface area (Å²) in [6.07, 6.45) is 1.73. The monoisotopic (exact) mass is 392 g/mol. The van der Waals surface area contributed by atoms with Crippen molar-refractivity contribution in [1.29, 1.82) is 0 Å². The minimum atomic E-state index is 0.557. The molecule has 20 heavy (non-hydrogen) atoms. The Labute approximate surface area is 133 Å². The van der Waals surface area contributed by atoms with Crippen LogP contribution in [-0.2, 0) is 0 Å². The number of anilines is 1. The standard InChI is InChI=1S/C15H10Br2N2O/c16-9-6-10(18)8-11(7-9)20-15-13-2-1-3-14(17)12(13)4-5-19-15/h1-8H,18H2. The largest absolute Gasteiger partial charge is 0.438 e. The molecule has 0 bridgehead atoms. The van der Waals surface area contributed by atoms with Crippen molar-refractivity contribution >= 4 is 48.3 Å². The second-order valence-corrected chi connectivity index (χ2v) is 6.04. The van der Waals surface area contributed by atoms with Gasteiger partial charge in [0.15, 0.2) is 0 Å². The van der Waals surface area contributed by atoms with Crippen LogP contribution in [0.1, 0.15) is 0 Å². The molecule has 3 aromatic rings. The van der Waals surface area contributed by atoms with Crippen LogP contribution in [0.15, 0.2) is 57.6 Å². The fraction of sp³-hybridized carbons (Fsp3) is 0. The summed E-state index contributed by atoms with van der Waals surface area (Å²) >= 11 is 6.93. The van der Waals surface area contributed by atoms with Crippen molar-refractivity contribution in [3.8, 4) is 11.6 Å². The molecule has 1 heterocycles. The number of ether oxygens (including phenoxy) is 1. The molecule has 0 aliphatic heterocycles. The summed E-state index contributed by atoms with van der Waals surface area (Å²) in [6, 6.07) is 13.3. The fourth-order valence-corrected chi connectivity index (χ4v) is 2.97. The molecular weight excluding hydrogens is 384 g/mol. The van der Waals surface area contributed by atoms with Gasteiger partial charge in [0.2, 0.25) is 5.88 Å². The summed E-state index contributed by atoms with van der Waals surface area (Å²) in [6.45, 7) is 0. The summed E-state index contributed by atoms with van der Waals surface area (Å²) < 4.78 is 7.75. The van der Waals surface area contributed by atoms with Crippen LogP contribution < -0.4 is 10.5 Å². The van der Waals surface area contributed by atoms with E-state index >= 15 is 0 Å². The Hall–Kier alpha value is -1.59. The highest BCUT2D eigenvalue weighted by molar-refractivity contribution is 9.11. The molecule has 0 aliphatic carbocycles. The van der Waals surface area contributed by atoms with Crippen LogP contribution in [0.3, 0.4) is 0 Å². The Balaban J connectivity index is 2.09. The first-order valence-corrected chi connectivity index (χ1v) is 7.49. The SMILES string of the molecule is Nc1cc(Br)cc(Oc2nccc3c(Br)cccc23)c1. The van der Waals surface area contributed by atoms with Gasteiger partial charge in [-0.25, -0.2) is 4.98 Å². The highest BCUT2D eigenvalue weighted by Crippen LogP contribution is 2.33. The molecule has 0 spiro atoms. The molecule has 2 aromatic carbocycles. The second kappa shape index (κ2) is 5.42. The predicted octanol–water partition coefficient (Wildman–Crippen LogP) is 5.13. The van der Waals surface area contributed by atoms with Gasteiger partial charge in [-0.15, -0.1) is 0 Å². The Morgan fingerprint density at radius 3 is 2.65 bits per heavy atom. The third-order valence-corrected chi connectivity index (χ3v) is 3.97. The molecule has 0 atom stereocenters. The minimum Gasteiger partial charge on any atom is -0.438 e. The van der Waals surface area contributed by atoms with E-state index in [0.717, 1.165) is 19.7 Å². The number of fused-ring (bicyclic) bond motifs is 1. The Bertz CT molecular complexity index is 770. The molecule has 100 valence electrons. The lowest BCUT2D eigenvalue weighted by Crippen LogP contribution is -1.92. The summed E-state index contributed by atoms with van der Waals surface area (Å²) in [5.74, 6) is 1.21. The molecular formula is C15H10Br2N2O. The van der Waals surface area contributed by atoms with Crippen molar-refractivity contribution in [2.24, 2.45) is 0 Å². The average molecular weight is 394 g/mol. The number of halogens is 2. The average Bonchev–Trinajstić information content (AvgIpc) is 2.39. The highest BCUT2D eigenvalue weighted by Gasteiger charge is 2.07. The lowest BCUT2D eigenvalue weighted by atomic mass is 10.2. The number of rotatable bonds is 2. The van der Waals surface area contributed by atoms with Gasteiger partial charge in [0.25, 0.3) is 0 Å². The zero-order chi connectivity index (χ0) is 14.1. The number of pyridine rings is 1. The van der Waals surface area contributed by atoms with E-state index in [4.69, 9.17) is 10.5 Å². The lowest BCUT2D eigenvalue weighted by molar-refractivity contribution is 0.469. The van der Waals surface area contributed by atoms with Gasteiger partial charge in [-0.05, 0) is 30.3 Å². The topological polar surface area (TPSA) is 48.1 Å². The van der Waals surface area contributed by atoms with E-state index in [1.165, 1.54) is 0 Å². The number of nitrogen functional groups attached to an aromatic ring is 1. The first-order chi connectivity index (χ1) is 9.63. The maximum absolute atomic E-state index is 5.87. The van der Waals surface area contributed by atoms with Crippen LogP contribution in [0.2, 0.25) is 0 Å². The summed E-state index contributed by atoms with van der Waals surface area (Å²) in [5.41, 5.74) is 6.45. The number of benzene rings is 2. The van der Waals surface area contributed by atoms with Crippen molar-refractivity contribution in [3.63, 3.8) is 0 Å². The van der Waals surface area contributed by atoms with E-state index in [1.54, 1.807) is 12.3 Å². The number of nitrogens with zero attached hydrogens (tertiary/aromatic N) is 1. The first-order valence-electron chi connectivity index (χ1n) is 5.90. The molecule has 0 amide bonds. The third-order valence-electron chi connectivity index (χ3n) is 2.82. The van der Waals surface area contributed by atoms with Gasteiger partial charge in [-0.1, -0.05) is 37.9 Å². The van der Waals surface area contributed by atoms with Gasteiger partial charge < -0.3 is 10.5 Å². The van der Waals surface area contributed by atoms with Crippen molar-refractivity contribution in [2.45, 2.75) is 0 Å². The first kappa shape index (κ1) is 13.4. The Kier molecular flexibility index (Phi) is 3.63. The molecule has 0 saturated heterocycles. The molecule has 1 aromatic heterocycles. The van der Waals surface area contributed by atoms with Crippen molar-refractivity contribution in [2.75, 3.05) is 5.73 Å². The second-order valence-electron chi connectivity index (χ2n) is 4.27. The molecule has 0 saturated carbocycles. The third kappa shape index (κ3) is 2.64. The molecule has 2 N–H and O–H groups in total. The zero-order valence-corrected chi connectivity index (χ0v) is 13.5. The van der Waals surface area contributed by atoms with Gasteiger partial charge in [-0.3, -0.25) is 0 Å². The van der Waals surface area contributed by atoms with Crippen LogP contribution >= 0.6 is 31.9 Å². The fourth-order valence-electron chi connectivity index (χ4n) is 1.98. The summed E-state index contributed by atoms with van der Waals surface area (Å²) in [7, 11) is 0. The molecule has 5 heteroatoms. The van der Waals surface area contributed by atoms with E-state index in [9.17, 15) is 0 Å². The molecule has 0 radical (unpaired) electrons. The Morgan fingerprint density at radius 2 is 1.85 bits per heavy atom. The van der Waals surface area contributed by atoms with Gasteiger partial charge in [0.1, 0.15) is 5.75 Å². The van der Waals surface area contributed by atoms with E-state index in [1.807, 2.05) is 36.4 Å². The maximum Gasteiger partial charge on any atom is 0.227 e. The zero-order valence-electron chi connectivity index (χ0n) is 10.3. The van der Waals surface area contributed by atoms with E-state index in [-0.39, 0.29) is 0 Å². The van der Waals surface area contributed by atoms with E-state index < -0.39 is 0 Å². The van der Waals surface area contributed by atoms with Crippen LogP contribution in [-0.4, -0.2) is 4.98 Å². The smallest absolute Gasteiger partial charge is 0.227 e. The molecule has 3 rings (SSSR count). The number of hydrogen-bond acceptors (Lipinski definition) is 3. The molecule has 0 fully saturated rings. The Morgan fingerprint density at radius 1 is 1.00 bits per heavy atom. The normalized spacial score (nSPS) is 10.7. The molecule has 0 unspecified atom stereocenters. The maximum atomic E-state index is 5.87.